The molecule has 0 atom stereocenters. The fourth-order valence-electron chi connectivity index (χ4n) is 6.82. The van der Waals surface area contributed by atoms with E-state index in [0.717, 1.165) is 0 Å². The average molecular weight is 567 g/mol. The first-order chi connectivity index (χ1) is 21.2. The third kappa shape index (κ3) is 4.63. The molecule has 0 amide bonds. The zero-order valence-corrected chi connectivity index (χ0v) is 25.7. The molecular formula is C42H34Si. The molecule has 0 saturated heterocycles. The van der Waals surface area contributed by atoms with E-state index in [1.807, 2.05) is 0 Å². The number of hydrogen-bond acceptors (Lipinski definition) is 0. The van der Waals surface area contributed by atoms with Gasteiger partial charge in [0.2, 0.25) is 0 Å². The second kappa shape index (κ2) is 11.4. The van der Waals surface area contributed by atoms with Crippen molar-refractivity contribution >= 4 is 40.0 Å². The Morgan fingerprint density at radius 2 is 0.605 bits per heavy atom. The maximum absolute atomic E-state index is 2.89. The Hall–Kier alpha value is -4.98. The summed E-state index contributed by atoms with van der Waals surface area (Å²) in [7, 11) is -2.89. The van der Waals surface area contributed by atoms with Gasteiger partial charge < -0.3 is 0 Å². The van der Waals surface area contributed by atoms with Crippen molar-refractivity contribution in [1.82, 2.24) is 0 Å². The second-order valence-corrected chi connectivity index (χ2v) is 15.1. The Kier molecular flexibility index (Phi) is 7.10. The largest absolute Gasteiger partial charge is 0.182 e. The SMILES string of the molecule is Cc1ccc(C2=C(c3ccccc3)C(c3ccccc3)=C(c3ccc(C)cc3)[Si]2(c2ccccc2)c2ccccc2)cc1. The summed E-state index contributed by atoms with van der Waals surface area (Å²) < 4.78 is 0. The summed E-state index contributed by atoms with van der Waals surface area (Å²) in [4.78, 5) is 0. The van der Waals surface area contributed by atoms with Gasteiger partial charge in [0.25, 0.3) is 0 Å². The number of rotatable bonds is 6. The topological polar surface area (TPSA) is 0 Å². The van der Waals surface area contributed by atoms with Crippen molar-refractivity contribution in [2.45, 2.75) is 13.8 Å². The monoisotopic (exact) mass is 566 g/mol. The molecule has 6 aromatic rings. The predicted molar refractivity (Wildman–Crippen MR) is 187 cm³/mol. The molecule has 0 spiro atoms. The van der Waals surface area contributed by atoms with Gasteiger partial charge in [0, 0.05) is 0 Å². The number of benzene rings is 6. The van der Waals surface area contributed by atoms with E-state index >= 15 is 0 Å². The van der Waals surface area contributed by atoms with Crippen LogP contribution in [0.5, 0.6) is 0 Å². The van der Waals surface area contributed by atoms with Crippen LogP contribution in [-0.4, -0.2) is 8.07 Å². The highest BCUT2D eigenvalue weighted by Gasteiger charge is 2.53. The Morgan fingerprint density at radius 1 is 0.302 bits per heavy atom. The second-order valence-electron chi connectivity index (χ2n) is 11.4. The lowest BCUT2D eigenvalue weighted by atomic mass is 9.89. The molecule has 1 aliphatic heterocycles. The van der Waals surface area contributed by atoms with Gasteiger partial charge in [-0.1, -0.05) is 181 Å². The predicted octanol–water partition coefficient (Wildman–Crippen LogP) is 9.18. The van der Waals surface area contributed by atoms with Crippen LogP contribution >= 0.6 is 0 Å². The zero-order valence-electron chi connectivity index (χ0n) is 24.7. The van der Waals surface area contributed by atoms with E-state index in [0.29, 0.717) is 0 Å². The van der Waals surface area contributed by atoms with E-state index < -0.39 is 8.07 Å². The molecular weight excluding hydrogens is 533 g/mol. The first-order valence-corrected chi connectivity index (χ1v) is 17.0. The third-order valence-electron chi connectivity index (χ3n) is 8.72. The first-order valence-electron chi connectivity index (χ1n) is 15.0. The fourth-order valence-corrected chi connectivity index (χ4v) is 12.4. The van der Waals surface area contributed by atoms with E-state index in [1.165, 1.54) is 65.3 Å². The first kappa shape index (κ1) is 26.9. The summed E-state index contributed by atoms with van der Waals surface area (Å²) in [6, 6.07) is 63.2. The van der Waals surface area contributed by atoms with Gasteiger partial charge in [0.15, 0.2) is 8.07 Å². The van der Waals surface area contributed by atoms with E-state index in [1.54, 1.807) is 0 Å². The standard InChI is InChI=1S/C42H34Si/c1-31-23-27-35(28-24-31)41-39(33-15-7-3-8-16-33)40(34-17-9-4-10-18-34)42(36-29-25-32(2)26-30-36)43(41,37-19-11-5-12-20-37)38-21-13-6-14-22-38/h3-30H,1-2H3. The zero-order chi connectivity index (χ0) is 29.2. The number of aryl methyl sites for hydroxylation is 2. The molecule has 1 heterocycles. The molecule has 0 aliphatic carbocycles. The van der Waals surface area contributed by atoms with Crippen LogP contribution in [0.1, 0.15) is 33.4 Å². The van der Waals surface area contributed by atoms with Crippen LogP contribution in [0, 0.1) is 13.8 Å². The minimum Gasteiger partial charge on any atom is -0.0623 e. The quantitative estimate of drug-likeness (QED) is 0.176. The van der Waals surface area contributed by atoms with Gasteiger partial charge in [0.1, 0.15) is 0 Å². The Morgan fingerprint density at radius 3 is 0.930 bits per heavy atom. The van der Waals surface area contributed by atoms with Gasteiger partial charge in [0.05, 0.1) is 0 Å². The molecule has 0 saturated carbocycles. The van der Waals surface area contributed by atoms with Crippen molar-refractivity contribution in [2.24, 2.45) is 0 Å². The molecule has 6 aromatic carbocycles. The normalized spacial score (nSPS) is 14.3. The highest BCUT2D eigenvalue weighted by atomic mass is 28.3. The Balaban J connectivity index is 1.77. The average Bonchev–Trinajstić information content (AvgIpc) is 3.40. The fraction of sp³-hybridized carbons (Fsp3) is 0.0476. The lowest BCUT2D eigenvalue weighted by Crippen LogP contribution is -2.59. The van der Waals surface area contributed by atoms with Crippen LogP contribution in [0.15, 0.2) is 170 Å². The molecule has 0 N–H and O–H groups in total. The summed E-state index contributed by atoms with van der Waals surface area (Å²) >= 11 is 0. The maximum atomic E-state index is 2.37. The molecule has 7 rings (SSSR count). The van der Waals surface area contributed by atoms with Crippen LogP contribution < -0.4 is 10.4 Å². The van der Waals surface area contributed by atoms with Crippen LogP contribution in [-0.2, 0) is 0 Å². The van der Waals surface area contributed by atoms with Crippen molar-refractivity contribution < 1.29 is 0 Å². The van der Waals surface area contributed by atoms with E-state index in [9.17, 15) is 0 Å². The Labute approximate surface area is 256 Å². The van der Waals surface area contributed by atoms with Crippen molar-refractivity contribution in [1.29, 1.82) is 0 Å². The maximum Gasteiger partial charge on any atom is 0.182 e. The van der Waals surface area contributed by atoms with Gasteiger partial charge >= 0.3 is 0 Å². The van der Waals surface area contributed by atoms with Crippen LogP contribution in [0.2, 0.25) is 0 Å². The molecule has 0 bridgehead atoms. The molecule has 0 fully saturated rings. The minimum absolute atomic E-state index is 1.25. The van der Waals surface area contributed by atoms with Gasteiger partial charge in [-0.05, 0) is 68.0 Å². The summed E-state index contributed by atoms with van der Waals surface area (Å²) in [6.07, 6.45) is 0. The molecule has 43 heavy (non-hydrogen) atoms. The molecule has 0 unspecified atom stereocenters. The molecule has 0 nitrogen and oxygen atoms in total. The molecule has 0 aromatic heterocycles. The summed E-state index contributed by atoms with van der Waals surface area (Å²) in [6.45, 7) is 4.35. The third-order valence-corrected chi connectivity index (χ3v) is 13.7. The van der Waals surface area contributed by atoms with Crippen LogP contribution in [0.4, 0.5) is 0 Å². The van der Waals surface area contributed by atoms with Crippen LogP contribution in [0.3, 0.4) is 0 Å². The van der Waals surface area contributed by atoms with Crippen molar-refractivity contribution in [3.63, 3.8) is 0 Å². The molecule has 1 heteroatoms. The Bertz CT molecular complexity index is 1770. The van der Waals surface area contributed by atoms with Gasteiger partial charge in [-0.2, -0.15) is 0 Å². The van der Waals surface area contributed by atoms with E-state index in [4.69, 9.17) is 0 Å². The lowest BCUT2D eigenvalue weighted by Gasteiger charge is -2.36. The number of hydrogen-bond donors (Lipinski definition) is 0. The molecule has 1 aliphatic rings. The van der Waals surface area contributed by atoms with Gasteiger partial charge in [-0.25, -0.2) is 0 Å². The highest BCUT2D eigenvalue weighted by molar-refractivity contribution is 7.29. The molecule has 206 valence electrons. The molecule has 0 radical (unpaired) electrons. The summed E-state index contributed by atoms with van der Waals surface area (Å²) in [5.41, 5.74) is 10.3. The van der Waals surface area contributed by atoms with Gasteiger partial charge in [-0.3, -0.25) is 0 Å². The highest BCUT2D eigenvalue weighted by Crippen LogP contribution is 2.55. The van der Waals surface area contributed by atoms with Crippen molar-refractivity contribution in [3.05, 3.63) is 203 Å². The van der Waals surface area contributed by atoms with Crippen molar-refractivity contribution in [3.8, 4) is 0 Å². The van der Waals surface area contributed by atoms with Crippen LogP contribution in [0.25, 0.3) is 21.5 Å². The lowest BCUT2D eigenvalue weighted by molar-refractivity contribution is 1.46. The summed E-state index contributed by atoms with van der Waals surface area (Å²) in [5, 5.41) is 5.69. The number of allylic oxidation sites excluding steroid dienone is 2. The van der Waals surface area contributed by atoms with Gasteiger partial charge in [-0.15, -0.1) is 0 Å². The summed E-state index contributed by atoms with van der Waals surface area (Å²) in [5.74, 6) is 0. The van der Waals surface area contributed by atoms with E-state index in [2.05, 4.69) is 184 Å². The van der Waals surface area contributed by atoms with E-state index in [-0.39, 0.29) is 0 Å². The smallest absolute Gasteiger partial charge is 0.0623 e. The van der Waals surface area contributed by atoms with Crippen molar-refractivity contribution in [2.75, 3.05) is 0 Å². The minimum atomic E-state index is -2.89.